The summed E-state index contributed by atoms with van der Waals surface area (Å²) in [7, 11) is 2.90. The van der Waals surface area contributed by atoms with Gasteiger partial charge in [0.25, 0.3) is 0 Å². The van der Waals surface area contributed by atoms with Crippen LogP contribution in [0.25, 0.3) is 6.08 Å². The average molecular weight is 529 g/mol. The van der Waals surface area contributed by atoms with Crippen molar-refractivity contribution >= 4 is 11.8 Å². The Labute approximate surface area is 221 Å². The Kier molecular flexibility index (Phi) is 10.2. The lowest BCUT2D eigenvalue weighted by atomic mass is 9.91. The van der Waals surface area contributed by atoms with Crippen molar-refractivity contribution in [3.8, 4) is 29.7 Å². The summed E-state index contributed by atoms with van der Waals surface area (Å²) in [5.41, 5.74) is -3.54. The van der Waals surface area contributed by atoms with E-state index in [1.165, 1.54) is 32.4 Å². The van der Waals surface area contributed by atoms with Gasteiger partial charge in [0, 0.05) is 36.5 Å². The van der Waals surface area contributed by atoms with Crippen molar-refractivity contribution in [2.75, 3.05) is 32.2 Å². The van der Waals surface area contributed by atoms with Gasteiger partial charge in [-0.15, -0.1) is 0 Å². The van der Waals surface area contributed by atoms with Crippen molar-refractivity contribution in [2.24, 2.45) is 0 Å². The number of nitrogens with zero attached hydrogens (tertiary/aromatic N) is 4. The molecule has 1 aromatic carbocycles. The molecule has 0 saturated heterocycles. The number of anilines is 1. The number of alkyl halides is 3. The highest BCUT2D eigenvalue weighted by Gasteiger charge is 2.60. The Balaban J connectivity index is 2.73. The van der Waals surface area contributed by atoms with Crippen molar-refractivity contribution in [3.63, 3.8) is 0 Å². The predicted octanol–water partition coefficient (Wildman–Crippen LogP) is 6.60. The minimum Gasteiger partial charge on any atom is -0.496 e. The molecule has 0 aliphatic carbocycles. The molecule has 0 aromatic heterocycles. The summed E-state index contributed by atoms with van der Waals surface area (Å²) < 4.78 is 58.8. The van der Waals surface area contributed by atoms with Crippen LogP contribution < -0.4 is 14.4 Å². The van der Waals surface area contributed by atoms with Crippen LogP contribution in [0.4, 0.5) is 18.9 Å². The SMILES string of the molecule is CCCCN(CCCC)c1cc(OC)c(/C=C/C2=C(C#N)C(=C(C#N)C#N)OC2(C)C(F)(F)F)c(OC)c1. The quantitative estimate of drug-likeness (QED) is 0.298. The third-order valence-corrected chi connectivity index (χ3v) is 6.29. The summed E-state index contributed by atoms with van der Waals surface area (Å²) in [6.07, 6.45) is 1.50. The number of methoxy groups -OCH3 is 2. The molecular weight excluding hydrogens is 497 g/mol. The Hall–Kier alpha value is -4.10. The van der Waals surface area contributed by atoms with Crippen LogP contribution in [0.3, 0.4) is 0 Å². The first-order valence-corrected chi connectivity index (χ1v) is 12.2. The van der Waals surface area contributed by atoms with Gasteiger partial charge in [0.05, 0.1) is 19.8 Å². The second kappa shape index (κ2) is 12.9. The Morgan fingerprint density at radius 1 is 1.00 bits per heavy atom. The number of ether oxygens (including phenoxy) is 3. The van der Waals surface area contributed by atoms with Gasteiger partial charge >= 0.3 is 6.18 Å². The highest BCUT2D eigenvalue weighted by atomic mass is 19.4. The van der Waals surface area contributed by atoms with Gasteiger partial charge in [0.2, 0.25) is 5.60 Å². The summed E-state index contributed by atoms with van der Waals surface area (Å²) in [5.74, 6) is 0.0328. The van der Waals surface area contributed by atoms with Crippen LogP contribution in [0, 0.1) is 34.0 Å². The highest BCUT2D eigenvalue weighted by Crippen LogP contribution is 2.50. The minimum atomic E-state index is -4.95. The Morgan fingerprint density at radius 2 is 1.53 bits per heavy atom. The lowest BCUT2D eigenvalue weighted by Gasteiger charge is -2.29. The standard InChI is InChI=1S/C28H31F3N4O3/c1-6-8-12-35(13-9-7-2)20-14-24(36-4)21(25(15-20)37-5)10-11-23-22(18-34)26(19(16-32)17-33)38-27(23,3)28(29,30)31/h10-11,14-15H,6-9,12-13H2,1-5H3/b11-10+. The zero-order chi connectivity index (χ0) is 28.5. The zero-order valence-corrected chi connectivity index (χ0v) is 22.2. The molecule has 10 heteroatoms. The number of halogens is 3. The lowest BCUT2D eigenvalue weighted by molar-refractivity contribution is -0.236. The molecule has 0 bridgehead atoms. The van der Waals surface area contributed by atoms with Crippen molar-refractivity contribution in [3.05, 3.63) is 46.3 Å². The number of benzene rings is 1. The molecule has 38 heavy (non-hydrogen) atoms. The lowest BCUT2D eigenvalue weighted by Crippen LogP contribution is -2.43. The summed E-state index contributed by atoms with van der Waals surface area (Å²) in [5, 5.41) is 28.1. The number of hydrogen-bond acceptors (Lipinski definition) is 7. The monoisotopic (exact) mass is 528 g/mol. The largest absolute Gasteiger partial charge is 0.496 e. The second-order valence-corrected chi connectivity index (χ2v) is 8.75. The third kappa shape index (κ3) is 6.06. The highest BCUT2D eigenvalue weighted by molar-refractivity contribution is 5.73. The van der Waals surface area contributed by atoms with Crippen molar-refractivity contribution in [1.29, 1.82) is 15.8 Å². The van der Waals surface area contributed by atoms with Gasteiger partial charge in [0.15, 0.2) is 11.3 Å². The normalized spacial score (nSPS) is 17.0. The van der Waals surface area contributed by atoms with Gasteiger partial charge < -0.3 is 19.1 Å². The maximum Gasteiger partial charge on any atom is 0.432 e. The minimum absolute atomic E-state index is 0.359. The molecule has 1 aliphatic heterocycles. The molecule has 1 heterocycles. The molecule has 1 unspecified atom stereocenters. The molecule has 0 saturated carbocycles. The van der Waals surface area contributed by atoms with E-state index in [-0.39, 0.29) is 0 Å². The fourth-order valence-corrected chi connectivity index (χ4v) is 4.04. The van der Waals surface area contributed by atoms with E-state index in [9.17, 15) is 29.0 Å². The van der Waals surface area contributed by atoms with Crippen LogP contribution in [-0.2, 0) is 4.74 Å². The molecule has 1 atom stereocenters. The van der Waals surface area contributed by atoms with Crippen LogP contribution in [-0.4, -0.2) is 39.1 Å². The van der Waals surface area contributed by atoms with E-state index in [0.717, 1.165) is 57.5 Å². The number of rotatable bonds is 11. The topological polar surface area (TPSA) is 102 Å². The van der Waals surface area contributed by atoms with Gasteiger partial charge in [-0.1, -0.05) is 32.8 Å². The molecular formula is C28H31F3N4O3. The average Bonchev–Trinajstić information content (AvgIpc) is 3.20. The predicted molar refractivity (Wildman–Crippen MR) is 137 cm³/mol. The number of allylic oxidation sites excluding steroid dienone is 2. The smallest absolute Gasteiger partial charge is 0.432 e. The maximum atomic E-state index is 14.2. The van der Waals surface area contributed by atoms with Gasteiger partial charge in [-0.25, -0.2) is 0 Å². The van der Waals surface area contributed by atoms with E-state index in [0.29, 0.717) is 17.1 Å². The molecule has 0 radical (unpaired) electrons. The van der Waals surface area contributed by atoms with E-state index < -0.39 is 34.3 Å². The van der Waals surface area contributed by atoms with E-state index in [1.54, 1.807) is 18.2 Å². The summed E-state index contributed by atoms with van der Waals surface area (Å²) in [6.45, 7) is 6.62. The summed E-state index contributed by atoms with van der Waals surface area (Å²) >= 11 is 0. The Morgan fingerprint density at radius 3 is 1.92 bits per heavy atom. The van der Waals surface area contributed by atoms with Gasteiger partial charge in [0.1, 0.15) is 35.3 Å². The van der Waals surface area contributed by atoms with Crippen LogP contribution in [0.2, 0.25) is 0 Å². The van der Waals surface area contributed by atoms with Gasteiger partial charge in [-0.2, -0.15) is 29.0 Å². The molecule has 0 fully saturated rings. The van der Waals surface area contributed by atoms with Crippen molar-refractivity contribution < 1.29 is 27.4 Å². The third-order valence-electron chi connectivity index (χ3n) is 6.29. The van der Waals surface area contributed by atoms with Gasteiger partial charge in [-0.3, -0.25) is 0 Å². The molecule has 202 valence electrons. The number of hydrogen-bond donors (Lipinski definition) is 0. The van der Waals surface area contributed by atoms with Crippen molar-refractivity contribution in [1.82, 2.24) is 0 Å². The fraction of sp³-hybridized carbons (Fsp3) is 0.464. The number of nitriles is 3. The fourth-order valence-electron chi connectivity index (χ4n) is 4.04. The van der Waals surface area contributed by atoms with E-state index >= 15 is 0 Å². The van der Waals surface area contributed by atoms with Crippen molar-refractivity contribution in [2.45, 2.75) is 58.2 Å². The molecule has 0 spiro atoms. The molecule has 1 aromatic rings. The molecule has 7 nitrogen and oxygen atoms in total. The van der Waals surface area contributed by atoms with E-state index in [4.69, 9.17) is 14.2 Å². The maximum absolute atomic E-state index is 14.2. The molecule has 2 rings (SSSR count). The first-order valence-electron chi connectivity index (χ1n) is 12.2. The zero-order valence-electron chi connectivity index (χ0n) is 22.2. The second-order valence-electron chi connectivity index (χ2n) is 8.75. The van der Waals surface area contributed by atoms with Crippen LogP contribution in [0.5, 0.6) is 11.5 Å². The first kappa shape index (κ1) is 30.1. The molecule has 0 N–H and O–H groups in total. The first-order chi connectivity index (χ1) is 18.1. The van der Waals surface area contributed by atoms with Gasteiger partial charge in [-0.05, 0) is 25.8 Å². The van der Waals surface area contributed by atoms with E-state index in [2.05, 4.69) is 18.7 Å². The summed E-state index contributed by atoms with van der Waals surface area (Å²) in [6, 6.07) is 8.27. The molecule has 0 amide bonds. The molecule has 1 aliphatic rings. The van der Waals surface area contributed by atoms with E-state index in [1.807, 2.05) is 0 Å². The van der Waals surface area contributed by atoms with Crippen LogP contribution in [0.1, 0.15) is 52.0 Å². The number of unbranched alkanes of at least 4 members (excludes halogenated alkanes) is 2. The Bertz CT molecular complexity index is 1200. The van der Waals surface area contributed by atoms with Crippen LogP contribution in [0.15, 0.2) is 40.7 Å². The van der Waals surface area contributed by atoms with Crippen LogP contribution >= 0.6 is 0 Å². The summed E-state index contributed by atoms with van der Waals surface area (Å²) in [4.78, 5) is 2.22.